The second kappa shape index (κ2) is 8.94. The van der Waals surface area contributed by atoms with E-state index in [-0.39, 0.29) is 17.4 Å². The summed E-state index contributed by atoms with van der Waals surface area (Å²) in [4.78, 5) is 44.7. The Hall–Kier alpha value is -2.48. The van der Waals surface area contributed by atoms with Crippen LogP contribution in [0, 0.1) is 16.6 Å². The first-order valence-corrected chi connectivity index (χ1v) is 11.6. The first-order valence-electron chi connectivity index (χ1n) is 11.2. The molecule has 2 amide bonds. The van der Waals surface area contributed by atoms with Crippen molar-refractivity contribution in [1.29, 1.82) is 0 Å². The van der Waals surface area contributed by atoms with Gasteiger partial charge in [0.15, 0.2) is 4.77 Å². The highest BCUT2D eigenvalue weighted by Crippen LogP contribution is 2.23. The van der Waals surface area contributed by atoms with E-state index in [9.17, 15) is 14.4 Å². The first kappa shape index (κ1) is 21.7. The lowest BCUT2D eigenvalue weighted by Crippen LogP contribution is -2.42. The zero-order valence-corrected chi connectivity index (χ0v) is 19.0. The number of likely N-dealkylation sites (tertiary alicyclic amines) is 2. The fourth-order valence-corrected chi connectivity index (χ4v) is 5.25. The predicted octanol–water partition coefficient (Wildman–Crippen LogP) is 3.19. The molecule has 7 nitrogen and oxygen atoms in total. The van der Waals surface area contributed by atoms with Gasteiger partial charge >= 0.3 is 0 Å². The Balaban J connectivity index is 1.53. The highest BCUT2D eigenvalue weighted by Gasteiger charge is 2.26. The number of fused-ring (bicyclic) bond motifs is 1. The van der Waals surface area contributed by atoms with Crippen molar-refractivity contribution >= 4 is 34.9 Å². The number of nitrogens with zero attached hydrogens (tertiary/aromatic N) is 3. The number of carbonyl (C=O) groups excluding carboxylic acids is 2. The number of hydrogen-bond acceptors (Lipinski definition) is 4. The molecule has 0 saturated carbocycles. The molecule has 1 N–H and O–H groups in total. The van der Waals surface area contributed by atoms with Gasteiger partial charge in [-0.1, -0.05) is 13.8 Å². The van der Waals surface area contributed by atoms with Crippen molar-refractivity contribution in [3.63, 3.8) is 0 Å². The Bertz CT molecular complexity index is 1110. The number of hydrogen-bond donors (Lipinski definition) is 1. The predicted molar refractivity (Wildman–Crippen MR) is 123 cm³/mol. The van der Waals surface area contributed by atoms with Crippen LogP contribution in [0.2, 0.25) is 0 Å². The van der Waals surface area contributed by atoms with E-state index in [0.717, 1.165) is 32.5 Å². The highest BCUT2D eigenvalue weighted by atomic mass is 32.1. The molecule has 0 spiro atoms. The molecule has 3 heterocycles. The fourth-order valence-electron chi connectivity index (χ4n) is 4.96. The Morgan fingerprint density at radius 3 is 2.58 bits per heavy atom. The summed E-state index contributed by atoms with van der Waals surface area (Å²) in [5.74, 6) is 1.16. The first-order chi connectivity index (χ1) is 14.8. The lowest BCUT2D eigenvalue weighted by atomic mass is 9.91. The van der Waals surface area contributed by atoms with Crippen LogP contribution in [0.25, 0.3) is 10.9 Å². The summed E-state index contributed by atoms with van der Waals surface area (Å²) in [7, 11) is 0. The van der Waals surface area contributed by atoms with Crippen LogP contribution in [0.15, 0.2) is 23.0 Å². The minimum Gasteiger partial charge on any atom is -0.343 e. The second-order valence-corrected chi connectivity index (χ2v) is 9.53. The molecule has 8 heteroatoms. The van der Waals surface area contributed by atoms with Gasteiger partial charge in [0.05, 0.1) is 10.9 Å². The van der Waals surface area contributed by atoms with E-state index in [2.05, 4.69) is 18.8 Å². The summed E-state index contributed by atoms with van der Waals surface area (Å²) >= 11 is 5.43. The number of carbonyl (C=O) groups is 2. The van der Waals surface area contributed by atoms with Gasteiger partial charge in [-0.2, -0.15) is 0 Å². The molecule has 31 heavy (non-hydrogen) atoms. The molecule has 2 aliphatic heterocycles. The van der Waals surface area contributed by atoms with Crippen molar-refractivity contribution in [2.75, 3.05) is 26.2 Å². The molecule has 2 aliphatic rings. The normalized spacial score (nSPS) is 21.8. The van der Waals surface area contributed by atoms with Crippen LogP contribution in [0.4, 0.5) is 0 Å². The van der Waals surface area contributed by atoms with Crippen LogP contribution in [0.5, 0.6) is 0 Å². The van der Waals surface area contributed by atoms with E-state index >= 15 is 0 Å². The SMILES string of the molecule is C[C@H]1C[C@H](C)CN(C(=O)c2ccc3c(=O)n(CCCN4CCCC4=O)c(=S)[nH]c3c2)C1. The van der Waals surface area contributed by atoms with E-state index in [0.29, 0.717) is 59.0 Å². The van der Waals surface area contributed by atoms with Gasteiger partial charge < -0.3 is 14.8 Å². The number of benzene rings is 1. The van der Waals surface area contributed by atoms with Gasteiger partial charge in [0.1, 0.15) is 0 Å². The molecule has 0 unspecified atom stereocenters. The number of aromatic nitrogens is 2. The monoisotopic (exact) mass is 442 g/mol. The third-order valence-electron chi connectivity index (χ3n) is 6.37. The summed E-state index contributed by atoms with van der Waals surface area (Å²) in [6.45, 7) is 7.77. The maximum Gasteiger partial charge on any atom is 0.262 e. The average molecular weight is 443 g/mol. The van der Waals surface area contributed by atoms with E-state index in [1.807, 2.05) is 9.80 Å². The molecular formula is C23H30N4O3S. The average Bonchev–Trinajstić information content (AvgIpc) is 3.13. The third kappa shape index (κ3) is 4.59. The lowest BCUT2D eigenvalue weighted by molar-refractivity contribution is -0.127. The molecule has 1 aromatic carbocycles. The Morgan fingerprint density at radius 1 is 1.16 bits per heavy atom. The van der Waals surface area contributed by atoms with Crippen molar-refractivity contribution in [3.8, 4) is 0 Å². The van der Waals surface area contributed by atoms with Gasteiger partial charge in [-0.25, -0.2) is 0 Å². The lowest BCUT2D eigenvalue weighted by Gasteiger charge is -2.35. The van der Waals surface area contributed by atoms with Gasteiger partial charge in [0.25, 0.3) is 11.5 Å². The molecule has 4 rings (SSSR count). The molecule has 2 atom stereocenters. The Labute approximate surface area is 187 Å². The van der Waals surface area contributed by atoms with E-state index in [1.165, 1.54) is 0 Å². The van der Waals surface area contributed by atoms with Gasteiger partial charge in [-0.05, 0) is 61.5 Å². The molecular weight excluding hydrogens is 412 g/mol. The number of H-pyrrole nitrogens is 1. The standard InChI is InChI=1S/C23H30N4O3S/c1-15-11-16(2)14-26(13-15)21(29)17-6-7-18-19(12-17)24-23(31)27(22(18)30)10-4-9-25-8-3-5-20(25)28/h6-7,12,15-16H,3-5,8-11,13-14H2,1-2H3,(H,24,31)/t15-,16-/m0/s1. The molecule has 1 aromatic heterocycles. The van der Waals surface area contributed by atoms with Gasteiger partial charge in [-0.3, -0.25) is 19.0 Å². The van der Waals surface area contributed by atoms with Gasteiger partial charge in [0, 0.05) is 44.7 Å². The van der Waals surface area contributed by atoms with Crippen LogP contribution in [-0.4, -0.2) is 57.3 Å². The summed E-state index contributed by atoms with van der Waals surface area (Å²) in [5, 5.41) is 0.516. The highest BCUT2D eigenvalue weighted by molar-refractivity contribution is 7.71. The van der Waals surface area contributed by atoms with Crippen molar-refractivity contribution in [3.05, 3.63) is 38.9 Å². The summed E-state index contributed by atoms with van der Waals surface area (Å²) in [6, 6.07) is 5.19. The fraction of sp³-hybridized carbons (Fsp3) is 0.565. The van der Waals surface area contributed by atoms with E-state index in [1.54, 1.807) is 22.8 Å². The van der Waals surface area contributed by atoms with Crippen molar-refractivity contribution in [2.45, 2.75) is 46.1 Å². The van der Waals surface area contributed by atoms with Crippen LogP contribution >= 0.6 is 12.2 Å². The minimum atomic E-state index is -0.161. The molecule has 0 radical (unpaired) electrons. The van der Waals surface area contributed by atoms with Crippen LogP contribution in [0.3, 0.4) is 0 Å². The van der Waals surface area contributed by atoms with Crippen LogP contribution in [-0.2, 0) is 11.3 Å². The molecule has 2 fully saturated rings. The summed E-state index contributed by atoms with van der Waals surface area (Å²) < 4.78 is 1.89. The smallest absolute Gasteiger partial charge is 0.262 e. The zero-order valence-electron chi connectivity index (χ0n) is 18.2. The van der Waals surface area contributed by atoms with Gasteiger partial charge in [-0.15, -0.1) is 0 Å². The number of aromatic amines is 1. The van der Waals surface area contributed by atoms with Crippen molar-refractivity contribution < 1.29 is 9.59 Å². The molecule has 2 aromatic rings. The third-order valence-corrected chi connectivity index (χ3v) is 6.69. The Morgan fingerprint density at radius 2 is 1.90 bits per heavy atom. The molecule has 2 saturated heterocycles. The van der Waals surface area contributed by atoms with Crippen molar-refractivity contribution in [2.24, 2.45) is 11.8 Å². The van der Waals surface area contributed by atoms with E-state index < -0.39 is 0 Å². The number of piperidine rings is 1. The van der Waals surface area contributed by atoms with Crippen molar-refractivity contribution in [1.82, 2.24) is 19.4 Å². The molecule has 0 bridgehead atoms. The number of nitrogens with one attached hydrogen (secondary N) is 1. The Kier molecular flexibility index (Phi) is 6.27. The summed E-state index contributed by atoms with van der Waals surface area (Å²) in [5.41, 5.74) is 1.000. The van der Waals surface area contributed by atoms with Crippen LogP contribution in [0.1, 0.15) is 49.9 Å². The minimum absolute atomic E-state index is 0.000854. The quantitative estimate of drug-likeness (QED) is 0.722. The van der Waals surface area contributed by atoms with Crippen LogP contribution < -0.4 is 5.56 Å². The molecule has 0 aliphatic carbocycles. The maximum absolute atomic E-state index is 13.0. The maximum atomic E-state index is 13.0. The summed E-state index contributed by atoms with van der Waals surface area (Å²) in [6.07, 6.45) is 3.34. The zero-order chi connectivity index (χ0) is 22.1. The van der Waals surface area contributed by atoms with E-state index in [4.69, 9.17) is 12.2 Å². The molecule has 166 valence electrons. The number of amides is 2. The topological polar surface area (TPSA) is 78.4 Å². The second-order valence-electron chi connectivity index (χ2n) is 9.14. The largest absolute Gasteiger partial charge is 0.343 e. The van der Waals surface area contributed by atoms with Gasteiger partial charge in [0.2, 0.25) is 5.91 Å². The number of rotatable bonds is 5.